The van der Waals surface area contributed by atoms with Gasteiger partial charge in [0.25, 0.3) is 0 Å². The molecule has 0 radical (unpaired) electrons. The maximum absolute atomic E-state index is 13.1. The van der Waals surface area contributed by atoms with Crippen LogP contribution in [0.1, 0.15) is 28.3 Å². The van der Waals surface area contributed by atoms with Crippen LogP contribution in [-0.2, 0) is 33.3 Å². The molecule has 2 aromatic carbocycles. The zero-order valence-electron chi connectivity index (χ0n) is 15.3. The van der Waals surface area contributed by atoms with Gasteiger partial charge < -0.3 is 19.8 Å². The van der Waals surface area contributed by atoms with Crippen LogP contribution in [0.5, 0.6) is 0 Å². The fraction of sp³-hybridized carbons (Fsp3) is 0.211. The quantitative estimate of drug-likeness (QED) is 0.492. The third kappa shape index (κ3) is 3.69. The van der Waals surface area contributed by atoms with E-state index in [1.807, 2.05) is 0 Å². The molecule has 1 aliphatic heterocycles. The van der Waals surface area contributed by atoms with Gasteiger partial charge in [-0.3, -0.25) is 0 Å². The van der Waals surface area contributed by atoms with Crippen molar-refractivity contribution in [3.63, 3.8) is 0 Å². The molecule has 2 heterocycles. The van der Waals surface area contributed by atoms with Gasteiger partial charge in [-0.05, 0) is 47.3 Å². The molecule has 0 aliphatic carbocycles. The summed E-state index contributed by atoms with van der Waals surface area (Å²) in [6, 6.07) is 9.92. The maximum atomic E-state index is 13.1. The van der Waals surface area contributed by atoms with Crippen molar-refractivity contribution in [3.05, 3.63) is 70.9 Å². The van der Waals surface area contributed by atoms with E-state index in [0.29, 0.717) is 34.8 Å². The highest BCUT2D eigenvalue weighted by atomic mass is 32.2. The average Bonchev–Trinajstić information content (AvgIpc) is 3.20. The predicted molar refractivity (Wildman–Crippen MR) is 105 cm³/mol. The number of hydrogen-bond donors (Lipinski definition) is 2. The Bertz CT molecular complexity index is 1140. The van der Waals surface area contributed by atoms with E-state index in [0.717, 1.165) is 11.3 Å². The van der Waals surface area contributed by atoms with Crippen molar-refractivity contribution in [1.82, 2.24) is 4.98 Å². The minimum Gasteiger partial charge on any atom is -0.448 e. The molecule has 9 heteroatoms. The lowest BCUT2D eigenvalue weighted by molar-refractivity contribution is 0.275. The van der Waals surface area contributed by atoms with E-state index in [1.54, 1.807) is 37.3 Å². The number of rotatable bonds is 5. The molecule has 3 aromatic rings. The third-order valence-corrected chi connectivity index (χ3v) is 6.44. The number of fused-ring (bicyclic) bond motifs is 1. The van der Waals surface area contributed by atoms with Crippen LogP contribution in [0.25, 0.3) is 0 Å². The molecule has 0 saturated heterocycles. The van der Waals surface area contributed by atoms with Crippen LogP contribution >= 0.6 is 0 Å². The molecule has 1 aromatic heterocycles. The number of nitrogens with zero attached hydrogens (tertiary/aromatic N) is 1. The second kappa shape index (κ2) is 7.08. The lowest BCUT2D eigenvalue weighted by Crippen LogP contribution is -2.28. The van der Waals surface area contributed by atoms with E-state index in [-0.39, 0.29) is 17.1 Å². The van der Waals surface area contributed by atoms with E-state index in [1.165, 1.54) is 12.3 Å². The molecule has 0 fully saturated rings. The van der Waals surface area contributed by atoms with Crippen molar-refractivity contribution in [1.29, 1.82) is 0 Å². The zero-order valence-corrected chi connectivity index (χ0v) is 16.1. The van der Waals surface area contributed by atoms with Gasteiger partial charge in [0.2, 0.25) is 0 Å². The normalized spacial score (nSPS) is 13.7. The summed E-state index contributed by atoms with van der Waals surface area (Å²) in [4.78, 5) is 4.44. The third-order valence-electron chi connectivity index (χ3n) is 4.66. The molecule has 0 bridgehead atoms. The molecule has 28 heavy (non-hydrogen) atoms. The molecule has 144 valence electrons. The number of hydrogen-bond acceptors (Lipinski definition) is 7. The molecular weight excluding hydrogens is 379 g/mol. The van der Waals surface area contributed by atoms with Crippen molar-refractivity contribution >= 4 is 28.1 Å². The number of oxazole rings is 1. The van der Waals surface area contributed by atoms with Gasteiger partial charge in [0, 0.05) is 5.69 Å². The van der Waals surface area contributed by atoms with E-state index in [9.17, 15) is 13.4 Å². The molecule has 0 amide bonds. The minimum atomic E-state index is -3.66. The Morgan fingerprint density at radius 2 is 2.07 bits per heavy atom. The predicted octanol–water partition coefficient (Wildman–Crippen LogP) is 1.35. The second-order valence-corrected chi connectivity index (χ2v) is 8.84. The summed E-state index contributed by atoms with van der Waals surface area (Å²) in [5.74, 6) is 0.228. The minimum absolute atomic E-state index is 0.190. The van der Waals surface area contributed by atoms with Crippen molar-refractivity contribution in [2.45, 2.75) is 30.6 Å². The smallest absolute Gasteiger partial charge is 0.448 e. The molecule has 3 N–H and O–H groups in total. The maximum Gasteiger partial charge on any atom is 0.491 e. The first kappa shape index (κ1) is 18.7. The summed E-state index contributed by atoms with van der Waals surface area (Å²) in [6.45, 7) is 2.12. The standard InChI is InChI=1S/C19H19BN2O5S/c1-12-9-26-19(22-12)8-15-7-16(21)4-5-18(15)28(24,25)11-13-2-3-14-10-27-20(23)17(14)6-13/h2-7,9,23H,8,10-11,21H2,1H3. The molecule has 0 spiro atoms. The molecular formula is C19H19BN2O5S. The SMILES string of the molecule is Cc1coc(Cc2cc(N)ccc2S(=O)(=O)Cc2ccc3c(c2)B(O)OC3)n1. The molecule has 7 nitrogen and oxygen atoms in total. The summed E-state index contributed by atoms with van der Waals surface area (Å²) >= 11 is 0. The van der Waals surface area contributed by atoms with Gasteiger partial charge in [-0.2, -0.15) is 0 Å². The van der Waals surface area contributed by atoms with Crippen LogP contribution in [0.15, 0.2) is 52.0 Å². The first-order valence-electron chi connectivity index (χ1n) is 8.75. The zero-order chi connectivity index (χ0) is 19.9. The Balaban J connectivity index is 1.67. The number of aryl methyl sites for hydroxylation is 1. The van der Waals surface area contributed by atoms with Crippen molar-refractivity contribution in [2.24, 2.45) is 0 Å². The molecule has 0 atom stereocenters. The Morgan fingerprint density at radius 1 is 1.25 bits per heavy atom. The van der Waals surface area contributed by atoms with Crippen LogP contribution in [-0.4, -0.2) is 25.5 Å². The van der Waals surface area contributed by atoms with Gasteiger partial charge in [0.1, 0.15) is 6.26 Å². The van der Waals surface area contributed by atoms with Crippen LogP contribution in [0.2, 0.25) is 0 Å². The lowest BCUT2D eigenvalue weighted by Gasteiger charge is -2.11. The summed E-state index contributed by atoms with van der Waals surface area (Å²) in [7, 11) is -4.67. The van der Waals surface area contributed by atoms with E-state index >= 15 is 0 Å². The second-order valence-electron chi connectivity index (χ2n) is 6.88. The topological polar surface area (TPSA) is 116 Å². The number of sulfone groups is 1. The first-order chi connectivity index (χ1) is 13.3. The fourth-order valence-corrected chi connectivity index (χ4v) is 4.92. The van der Waals surface area contributed by atoms with Gasteiger partial charge in [-0.25, -0.2) is 13.4 Å². The highest BCUT2D eigenvalue weighted by Crippen LogP contribution is 2.25. The Labute approximate surface area is 163 Å². The number of nitrogens with two attached hydrogens (primary N) is 1. The molecule has 0 saturated carbocycles. The molecule has 4 rings (SSSR count). The van der Waals surface area contributed by atoms with Crippen LogP contribution in [0, 0.1) is 6.92 Å². The lowest BCUT2D eigenvalue weighted by atomic mass is 9.79. The van der Waals surface area contributed by atoms with Crippen molar-refractivity contribution in [3.8, 4) is 0 Å². The van der Waals surface area contributed by atoms with E-state index in [2.05, 4.69) is 4.98 Å². The highest BCUT2D eigenvalue weighted by molar-refractivity contribution is 7.90. The number of aromatic nitrogens is 1. The molecule has 0 unspecified atom stereocenters. The van der Waals surface area contributed by atoms with Gasteiger partial charge in [-0.15, -0.1) is 0 Å². The van der Waals surface area contributed by atoms with Gasteiger partial charge in [-0.1, -0.05) is 18.2 Å². The number of benzene rings is 2. The largest absolute Gasteiger partial charge is 0.491 e. The summed E-state index contributed by atoms with van der Waals surface area (Å²) in [6.07, 6.45) is 1.75. The Hall–Kier alpha value is -2.62. The van der Waals surface area contributed by atoms with Crippen LogP contribution < -0.4 is 11.2 Å². The molecule has 1 aliphatic rings. The van der Waals surface area contributed by atoms with Crippen LogP contribution in [0.3, 0.4) is 0 Å². The Morgan fingerprint density at radius 3 is 2.82 bits per heavy atom. The highest BCUT2D eigenvalue weighted by Gasteiger charge is 2.28. The number of nitrogen functional groups attached to an aromatic ring is 1. The Kier molecular flexibility index (Phi) is 4.74. The van der Waals surface area contributed by atoms with Crippen molar-refractivity contribution < 1.29 is 22.5 Å². The number of anilines is 1. The summed E-state index contributed by atoms with van der Waals surface area (Å²) < 4.78 is 36.8. The van der Waals surface area contributed by atoms with Gasteiger partial charge in [0.15, 0.2) is 15.7 Å². The van der Waals surface area contributed by atoms with Gasteiger partial charge in [0.05, 0.1) is 29.4 Å². The van der Waals surface area contributed by atoms with Crippen LogP contribution in [0.4, 0.5) is 5.69 Å². The van der Waals surface area contributed by atoms with E-state index < -0.39 is 17.0 Å². The van der Waals surface area contributed by atoms with Crippen molar-refractivity contribution in [2.75, 3.05) is 5.73 Å². The average molecular weight is 398 g/mol. The summed E-state index contributed by atoms with van der Waals surface area (Å²) in [5.41, 5.74) is 9.65. The monoisotopic (exact) mass is 398 g/mol. The first-order valence-corrected chi connectivity index (χ1v) is 10.4. The van der Waals surface area contributed by atoms with E-state index in [4.69, 9.17) is 14.8 Å². The summed E-state index contributed by atoms with van der Waals surface area (Å²) in [5, 5.41) is 9.86. The van der Waals surface area contributed by atoms with Gasteiger partial charge >= 0.3 is 7.12 Å². The fourth-order valence-electron chi connectivity index (χ4n) is 3.34.